The summed E-state index contributed by atoms with van der Waals surface area (Å²) in [5.41, 5.74) is 0. The van der Waals surface area contributed by atoms with Crippen LogP contribution in [-0.2, 0) is 19.1 Å². The van der Waals surface area contributed by atoms with E-state index >= 15 is 0 Å². The molecule has 2 amide bonds. The summed E-state index contributed by atoms with van der Waals surface area (Å²) >= 11 is 0. The predicted octanol–water partition coefficient (Wildman–Crippen LogP) is 0.175. The van der Waals surface area contributed by atoms with Crippen molar-refractivity contribution in [2.45, 2.75) is 6.92 Å². The van der Waals surface area contributed by atoms with Crippen LogP contribution >= 0.6 is 0 Å². The van der Waals surface area contributed by atoms with Crippen LogP contribution in [0, 0.1) is 0 Å². The molecule has 98 valence electrons. The number of nitrogens with one attached hydrogen (secondary N) is 2. The van der Waals surface area contributed by atoms with Crippen molar-refractivity contribution in [2.24, 2.45) is 0 Å². The number of hydrogen-bond acceptors (Lipinski definition) is 4. The molecular weight excluding hydrogens is 224 g/mol. The third-order valence-corrected chi connectivity index (χ3v) is 1.31. The van der Waals surface area contributed by atoms with Crippen LogP contribution < -0.4 is 10.6 Å². The standard InChI is InChI=1S/C6H11NO2.C5H9NO2/c1-3-6(8)7-5-9-4-2;1-3-5(7)6-4-8-2/h3H,1,4-5H2,2H3,(H,7,8);3H,1,4H2,2H3,(H,6,7). The molecule has 6 heteroatoms. The molecule has 0 atom stereocenters. The average Bonchev–Trinajstić information content (AvgIpc) is 2.36. The van der Waals surface area contributed by atoms with Gasteiger partial charge in [0.2, 0.25) is 11.8 Å². The first kappa shape index (κ1) is 17.7. The molecule has 0 aromatic heterocycles. The maximum Gasteiger partial charge on any atom is 0.245 e. The van der Waals surface area contributed by atoms with Crippen LogP contribution in [0.2, 0.25) is 0 Å². The molecule has 0 spiro atoms. The molecule has 0 fully saturated rings. The number of rotatable bonds is 7. The lowest BCUT2D eigenvalue weighted by Gasteiger charge is -1.99. The Morgan fingerprint density at radius 2 is 1.59 bits per heavy atom. The average molecular weight is 244 g/mol. The zero-order valence-corrected chi connectivity index (χ0v) is 10.3. The van der Waals surface area contributed by atoms with Gasteiger partial charge < -0.3 is 20.1 Å². The molecule has 6 nitrogen and oxygen atoms in total. The Bertz CT molecular complexity index is 242. The van der Waals surface area contributed by atoms with Crippen molar-refractivity contribution in [2.75, 3.05) is 27.2 Å². The first-order valence-electron chi connectivity index (χ1n) is 4.99. The van der Waals surface area contributed by atoms with Gasteiger partial charge in [0.05, 0.1) is 0 Å². The molecule has 0 aliphatic heterocycles. The fraction of sp³-hybridized carbons (Fsp3) is 0.455. The van der Waals surface area contributed by atoms with E-state index in [-0.39, 0.29) is 25.3 Å². The highest BCUT2D eigenvalue weighted by molar-refractivity contribution is 5.86. The van der Waals surface area contributed by atoms with Gasteiger partial charge in [-0.25, -0.2) is 0 Å². The summed E-state index contributed by atoms with van der Waals surface area (Å²) in [6, 6.07) is 0. The number of hydrogen-bond donors (Lipinski definition) is 2. The number of carbonyl (C=O) groups is 2. The summed E-state index contributed by atoms with van der Waals surface area (Å²) in [5.74, 6) is -0.421. The van der Waals surface area contributed by atoms with Crippen LogP contribution in [0.3, 0.4) is 0 Å². The molecule has 0 bridgehead atoms. The van der Waals surface area contributed by atoms with Crippen molar-refractivity contribution in [1.82, 2.24) is 10.6 Å². The lowest BCUT2D eigenvalue weighted by Crippen LogP contribution is -2.23. The van der Waals surface area contributed by atoms with E-state index in [2.05, 4.69) is 28.5 Å². The zero-order valence-electron chi connectivity index (χ0n) is 10.3. The smallest absolute Gasteiger partial charge is 0.245 e. The van der Waals surface area contributed by atoms with Crippen LogP contribution in [0.4, 0.5) is 0 Å². The Kier molecular flexibility index (Phi) is 15.0. The van der Waals surface area contributed by atoms with Crippen LogP contribution in [-0.4, -0.2) is 39.0 Å². The third-order valence-electron chi connectivity index (χ3n) is 1.31. The SMILES string of the molecule is C=CC(=O)NCOC.C=CC(=O)NCOCC. The largest absolute Gasteiger partial charge is 0.364 e. The molecule has 0 aliphatic rings. The molecule has 0 aromatic rings. The van der Waals surface area contributed by atoms with Crippen molar-refractivity contribution in [3.8, 4) is 0 Å². The normalized spacial score (nSPS) is 8.35. The van der Waals surface area contributed by atoms with Gasteiger partial charge in [-0.3, -0.25) is 9.59 Å². The molecule has 2 N–H and O–H groups in total. The minimum atomic E-state index is -0.216. The highest BCUT2D eigenvalue weighted by Crippen LogP contribution is 1.69. The minimum Gasteiger partial charge on any atom is -0.364 e. The topological polar surface area (TPSA) is 76.7 Å². The first-order chi connectivity index (χ1) is 8.12. The van der Waals surface area contributed by atoms with E-state index < -0.39 is 0 Å². The van der Waals surface area contributed by atoms with Crippen molar-refractivity contribution in [3.05, 3.63) is 25.3 Å². The van der Waals surface area contributed by atoms with E-state index in [0.29, 0.717) is 6.61 Å². The molecule has 0 aromatic carbocycles. The van der Waals surface area contributed by atoms with Crippen LogP contribution in [0.5, 0.6) is 0 Å². The minimum absolute atomic E-state index is 0.205. The van der Waals surface area contributed by atoms with E-state index in [1.54, 1.807) is 0 Å². The van der Waals surface area contributed by atoms with E-state index in [0.717, 1.165) is 0 Å². The molecule has 0 aliphatic carbocycles. The number of amides is 2. The molecule has 17 heavy (non-hydrogen) atoms. The number of ether oxygens (including phenoxy) is 2. The molecule has 0 radical (unpaired) electrons. The summed E-state index contributed by atoms with van der Waals surface area (Å²) in [6.07, 6.45) is 2.40. The van der Waals surface area contributed by atoms with E-state index in [4.69, 9.17) is 4.74 Å². The Hall–Kier alpha value is -1.66. The van der Waals surface area contributed by atoms with Gasteiger partial charge in [0.15, 0.2) is 0 Å². The summed E-state index contributed by atoms with van der Waals surface area (Å²) < 4.78 is 9.36. The van der Waals surface area contributed by atoms with Gasteiger partial charge >= 0.3 is 0 Å². The number of carbonyl (C=O) groups excluding carboxylic acids is 2. The molecule has 0 unspecified atom stereocenters. The van der Waals surface area contributed by atoms with Crippen molar-refractivity contribution in [3.63, 3.8) is 0 Å². The van der Waals surface area contributed by atoms with Gasteiger partial charge in [-0.15, -0.1) is 0 Å². The molecule has 0 saturated heterocycles. The lowest BCUT2D eigenvalue weighted by atomic mass is 10.6. The molecule has 0 saturated carbocycles. The van der Waals surface area contributed by atoms with Crippen molar-refractivity contribution in [1.29, 1.82) is 0 Å². The van der Waals surface area contributed by atoms with Gasteiger partial charge in [0, 0.05) is 13.7 Å². The predicted molar refractivity (Wildman–Crippen MR) is 65.0 cm³/mol. The second-order valence-corrected chi connectivity index (χ2v) is 2.56. The molecule has 0 heterocycles. The van der Waals surface area contributed by atoms with Gasteiger partial charge in [-0.1, -0.05) is 13.2 Å². The Labute approximate surface area is 102 Å². The second kappa shape index (κ2) is 14.3. The van der Waals surface area contributed by atoms with Gasteiger partial charge in [0.25, 0.3) is 0 Å². The maximum absolute atomic E-state index is 10.4. The van der Waals surface area contributed by atoms with Crippen LogP contribution in [0.1, 0.15) is 6.92 Å². The van der Waals surface area contributed by atoms with E-state index in [1.807, 2.05) is 6.92 Å². The summed E-state index contributed by atoms with van der Waals surface area (Å²) in [7, 11) is 1.50. The fourth-order valence-electron chi connectivity index (χ4n) is 0.512. The summed E-state index contributed by atoms with van der Waals surface area (Å²) in [5, 5.41) is 4.86. The Balaban J connectivity index is 0. The maximum atomic E-state index is 10.4. The number of methoxy groups -OCH3 is 1. The Morgan fingerprint density at radius 3 is 1.94 bits per heavy atom. The van der Waals surface area contributed by atoms with Gasteiger partial charge in [0.1, 0.15) is 13.5 Å². The van der Waals surface area contributed by atoms with Crippen LogP contribution in [0.15, 0.2) is 25.3 Å². The third kappa shape index (κ3) is 17.0. The molecule has 0 rings (SSSR count). The quantitative estimate of drug-likeness (QED) is 0.380. The van der Waals surface area contributed by atoms with Crippen LogP contribution in [0.25, 0.3) is 0 Å². The van der Waals surface area contributed by atoms with Gasteiger partial charge in [-0.05, 0) is 19.1 Å². The van der Waals surface area contributed by atoms with Crippen molar-refractivity contribution >= 4 is 11.8 Å². The summed E-state index contributed by atoms with van der Waals surface area (Å²) in [4.78, 5) is 20.6. The molecular formula is C11H20N2O4. The monoisotopic (exact) mass is 244 g/mol. The first-order valence-corrected chi connectivity index (χ1v) is 4.99. The highest BCUT2D eigenvalue weighted by Gasteiger charge is 1.88. The highest BCUT2D eigenvalue weighted by atomic mass is 16.5. The second-order valence-electron chi connectivity index (χ2n) is 2.56. The lowest BCUT2D eigenvalue weighted by molar-refractivity contribution is -0.118. The fourth-order valence-corrected chi connectivity index (χ4v) is 0.512. The van der Waals surface area contributed by atoms with Crippen molar-refractivity contribution < 1.29 is 19.1 Å². The van der Waals surface area contributed by atoms with Gasteiger partial charge in [-0.2, -0.15) is 0 Å². The van der Waals surface area contributed by atoms with E-state index in [9.17, 15) is 9.59 Å². The zero-order chi connectivity index (χ0) is 13.5. The van der Waals surface area contributed by atoms with E-state index in [1.165, 1.54) is 19.3 Å². The summed E-state index contributed by atoms with van der Waals surface area (Å²) in [6.45, 7) is 9.49. The Morgan fingerprint density at radius 1 is 1.12 bits per heavy atom.